The summed E-state index contributed by atoms with van der Waals surface area (Å²) in [4.78, 5) is 0. The molecule has 2 bridgehead atoms. The van der Waals surface area contributed by atoms with Gasteiger partial charge in [-0.15, -0.1) is 0 Å². The van der Waals surface area contributed by atoms with Crippen molar-refractivity contribution in [3.63, 3.8) is 0 Å². The largest absolute Gasteiger partial charge is 0.0654 e. The zero-order chi connectivity index (χ0) is 10.3. The third kappa shape index (κ3) is 1.42. The van der Waals surface area contributed by atoms with Gasteiger partial charge >= 0.3 is 0 Å². The van der Waals surface area contributed by atoms with Crippen LogP contribution in [0, 0.1) is 29.1 Å². The monoisotopic (exact) mass is 194 g/mol. The second kappa shape index (κ2) is 3.54. The highest BCUT2D eigenvalue weighted by molar-refractivity contribution is 5.04. The van der Waals surface area contributed by atoms with E-state index in [9.17, 15) is 0 Å². The molecule has 2 saturated carbocycles. The molecule has 0 heteroatoms. The molecular weight excluding hydrogens is 168 g/mol. The molecule has 0 heterocycles. The van der Waals surface area contributed by atoms with Crippen LogP contribution in [-0.4, -0.2) is 0 Å². The number of fused-ring (bicyclic) bond motifs is 2. The van der Waals surface area contributed by atoms with Gasteiger partial charge in [0, 0.05) is 0 Å². The van der Waals surface area contributed by atoms with Crippen molar-refractivity contribution in [3.05, 3.63) is 0 Å². The topological polar surface area (TPSA) is 0 Å². The lowest BCUT2D eigenvalue weighted by Crippen LogP contribution is -2.29. The van der Waals surface area contributed by atoms with Gasteiger partial charge in [0.05, 0.1) is 0 Å². The van der Waals surface area contributed by atoms with E-state index in [1.807, 2.05) is 0 Å². The van der Waals surface area contributed by atoms with Crippen molar-refractivity contribution < 1.29 is 0 Å². The first kappa shape index (κ1) is 10.5. The Morgan fingerprint density at radius 1 is 1.21 bits per heavy atom. The standard InChI is InChI=1S/C14H26/c1-5-6-7-12-8-14(4)9-13(12)10(2)11(14)3/h10-13H,5-9H2,1-4H3. The third-order valence-electron chi connectivity index (χ3n) is 5.53. The average molecular weight is 194 g/mol. The molecule has 0 radical (unpaired) electrons. The molecule has 14 heavy (non-hydrogen) atoms. The summed E-state index contributed by atoms with van der Waals surface area (Å²) in [5.74, 6) is 4.12. The van der Waals surface area contributed by atoms with Gasteiger partial charge in [-0.1, -0.05) is 47.0 Å². The number of hydrogen-bond acceptors (Lipinski definition) is 0. The molecule has 5 atom stereocenters. The lowest BCUT2D eigenvalue weighted by molar-refractivity contribution is 0.123. The van der Waals surface area contributed by atoms with Gasteiger partial charge in [-0.3, -0.25) is 0 Å². The Bertz CT molecular complexity index is 208. The highest BCUT2D eigenvalue weighted by Gasteiger charge is 2.55. The fourth-order valence-corrected chi connectivity index (χ4v) is 4.31. The summed E-state index contributed by atoms with van der Waals surface area (Å²) in [6.07, 6.45) is 7.41. The Balaban J connectivity index is 2.01. The lowest BCUT2D eigenvalue weighted by Gasteiger charge is -2.37. The zero-order valence-corrected chi connectivity index (χ0v) is 10.3. The summed E-state index contributed by atoms with van der Waals surface area (Å²) in [5.41, 5.74) is 0.711. The molecular formula is C14H26. The predicted molar refractivity (Wildman–Crippen MR) is 62.2 cm³/mol. The summed E-state index contributed by atoms with van der Waals surface area (Å²) >= 11 is 0. The highest BCUT2D eigenvalue weighted by Crippen LogP contribution is 2.63. The summed E-state index contributed by atoms with van der Waals surface area (Å²) in [6, 6.07) is 0. The van der Waals surface area contributed by atoms with Crippen molar-refractivity contribution in [2.24, 2.45) is 29.1 Å². The second-order valence-corrected chi connectivity index (χ2v) is 6.28. The third-order valence-corrected chi connectivity index (χ3v) is 5.53. The second-order valence-electron chi connectivity index (χ2n) is 6.28. The van der Waals surface area contributed by atoms with E-state index in [1.54, 1.807) is 0 Å². The van der Waals surface area contributed by atoms with E-state index in [4.69, 9.17) is 0 Å². The first-order valence-corrected chi connectivity index (χ1v) is 6.58. The summed E-state index contributed by atoms with van der Waals surface area (Å²) in [5, 5.41) is 0. The quantitative estimate of drug-likeness (QED) is 0.621. The van der Waals surface area contributed by atoms with Crippen LogP contribution >= 0.6 is 0 Å². The Morgan fingerprint density at radius 2 is 1.93 bits per heavy atom. The van der Waals surface area contributed by atoms with E-state index in [0.717, 1.165) is 23.7 Å². The van der Waals surface area contributed by atoms with Gasteiger partial charge in [-0.05, 0) is 41.9 Å². The van der Waals surface area contributed by atoms with Crippen molar-refractivity contribution >= 4 is 0 Å². The van der Waals surface area contributed by atoms with Crippen LogP contribution in [0.25, 0.3) is 0 Å². The lowest BCUT2D eigenvalue weighted by atomic mass is 9.68. The van der Waals surface area contributed by atoms with Gasteiger partial charge in [-0.2, -0.15) is 0 Å². The van der Waals surface area contributed by atoms with Crippen LogP contribution < -0.4 is 0 Å². The number of hydrogen-bond donors (Lipinski definition) is 0. The summed E-state index contributed by atoms with van der Waals surface area (Å²) in [7, 11) is 0. The van der Waals surface area contributed by atoms with Crippen LogP contribution in [0.5, 0.6) is 0 Å². The van der Waals surface area contributed by atoms with Crippen molar-refractivity contribution in [2.45, 2.75) is 59.8 Å². The van der Waals surface area contributed by atoms with Crippen molar-refractivity contribution in [3.8, 4) is 0 Å². The Kier molecular flexibility index (Phi) is 2.66. The molecule has 82 valence electrons. The molecule has 0 aliphatic heterocycles. The molecule has 0 aromatic rings. The fraction of sp³-hybridized carbons (Fsp3) is 1.00. The van der Waals surface area contributed by atoms with Gasteiger partial charge in [0.2, 0.25) is 0 Å². The van der Waals surface area contributed by atoms with Gasteiger partial charge in [0.15, 0.2) is 0 Å². The molecule has 0 N–H and O–H groups in total. The van der Waals surface area contributed by atoms with Crippen LogP contribution in [0.3, 0.4) is 0 Å². The maximum Gasteiger partial charge on any atom is -0.0292 e. The Morgan fingerprint density at radius 3 is 2.43 bits per heavy atom. The fourth-order valence-electron chi connectivity index (χ4n) is 4.31. The molecule has 0 amide bonds. The minimum Gasteiger partial charge on any atom is -0.0654 e. The van der Waals surface area contributed by atoms with Gasteiger partial charge < -0.3 is 0 Å². The summed E-state index contributed by atoms with van der Waals surface area (Å²) in [6.45, 7) is 9.85. The molecule has 2 aliphatic carbocycles. The van der Waals surface area contributed by atoms with E-state index >= 15 is 0 Å². The van der Waals surface area contributed by atoms with Crippen LogP contribution in [0.15, 0.2) is 0 Å². The smallest absolute Gasteiger partial charge is 0.0292 e. The van der Waals surface area contributed by atoms with E-state index in [1.165, 1.54) is 32.1 Å². The minimum atomic E-state index is 0.711. The molecule has 2 aliphatic rings. The highest BCUT2D eigenvalue weighted by atomic mass is 14.6. The number of unbranched alkanes of at least 4 members (excludes halogenated alkanes) is 1. The van der Waals surface area contributed by atoms with Crippen LogP contribution in [0.1, 0.15) is 59.8 Å². The van der Waals surface area contributed by atoms with Crippen molar-refractivity contribution in [2.75, 3.05) is 0 Å². The number of rotatable bonds is 3. The Labute approximate surface area is 89.5 Å². The van der Waals surface area contributed by atoms with E-state index < -0.39 is 0 Å². The molecule has 2 fully saturated rings. The van der Waals surface area contributed by atoms with E-state index in [0.29, 0.717) is 5.41 Å². The minimum absolute atomic E-state index is 0.711. The van der Waals surface area contributed by atoms with Crippen molar-refractivity contribution in [1.29, 1.82) is 0 Å². The molecule has 2 rings (SSSR count). The maximum atomic E-state index is 2.54. The molecule has 0 aromatic heterocycles. The first-order valence-electron chi connectivity index (χ1n) is 6.58. The molecule has 0 spiro atoms. The van der Waals surface area contributed by atoms with Crippen LogP contribution in [0.4, 0.5) is 0 Å². The van der Waals surface area contributed by atoms with Crippen LogP contribution in [0.2, 0.25) is 0 Å². The van der Waals surface area contributed by atoms with Gasteiger partial charge in [0.1, 0.15) is 0 Å². The molecule has 0 aromatic carbocycles. The van der Waals surface area contributed by atoms with E-state index in [-0.39, 0.29) is 0 Å². The zero-order valence-electron chi connectivity index (χ0n) is 10.3. The SMILES string of the molecule is CCCCC1CC2(C)CC1C(C)C2C. The van der Waals surface area contributed by atoms with Gasteiger partial charge in [-0.25, -0.2) is 0 Å². The molecule has 0 nitrogen and oxygen atoms in total. The molecule has 0 saturated heterocycles. The normalized spacial score (nSPS) is 51.4. The first-order chi connectivity index (χ1) is 6.58. The molecule has 5 unspecified atom stereocenters. The van der Waals surface area contributed by atoms with Gasteiger partial charge in [0.25, 0.3) is 0 Å². The maximum absolute atomic E-state index is 2.54. The summed E-state index contributed by atoms with van der Waals surface area (Å²) < 4.78 is 0. The van der Waals surface area contributed by atoms with E-state index in [2.05, 4.69) is 27.7 Å². The average Bonchev–Trinajstić information content (AvgIpc) is 2.60. The Hall–Kier alpha value is 0. The van der Waals surface area contributed by atoms with Crippen LogP contribution in [-0.2, 0) is 0 Å². The van der Waals surface area contributed by atoms with Crippen molar-refractivity contribution in [1.82, 2.24) is 0 Å². The predicted octanol–water partition coefficient (Wildman–Crippen LogP) is 4.49.